The number of carbonyl (C=O) groups excluding carboxylic acids is 1. The van der Waals surface area contributed by atoms with Gasteiger partial charge in [0.25, 0.3) is 0 Å². The summed E-state index contributed by atoms with van der Waals surface area (Å²) < 4.78 is 15.4. The van der Waals surface area contributed by atoms with E-state index < -0.39 is 11.5 Å². The highest BCUT2D eigenvalue weighted by molar-refractivity contribution is 5.79. The second kappa shape index (κ2) is 7.05. The molecule has 26 heavy (non-hydrogen) atoms. The first-order chi connectivity index (χ1) is 12.6. The number of nitrogens with zero attached hydrogens (tertiary/aromatic N) is 3. The number of piperidine rings is 1. The molecule has 1 N–H and O–H groups in total. The van der Waals surface area contributed by atoms with Crippen molar-refractivity contribution in [3.8, 4) is 5.69 Å². The lowest BCUT2D eigenvalue weighted by Gasteiger charge is -2.36. The molecular weight excluding hydrogens is 335 g/mol. The van der Waals surface area contributed by atoms with Crippen LogP contribution < -0.4 is 5.69 Å². The Morgan fingerprint density at radius 1 is 1.19 bits per heavy atom. The molecular formula is C19H23FN4O2. The number of para-hydroxylation sites is 1. The third-order valence-corrected chi connectivity index (χ3v) is 5.69. The van der Waals surface area contributed by atoms with E-state index in [1.54, 1.807) is 18.2 Å². The predicted octanol–water partition coefficient (Wildman–Crippen LogP) is 2.28. The van der Waals surface area contributed by atoms with Gasteiger partial charge in [0.2, 0.25) is 5.91 Å². The summed E-state index contributed by atoms with van der Waals surface area (Å²) in [6, 6.07) is 6.21. The number of aromatic amines is 1. The first-order valence-electron chi connectivity index (χ1n) is 9.33. The van der Waals surface area contributed by atoms with Gasteiger partial charge in [0.15, 0.2) is 0 Å². The fourth-order valence-electron chi connectivity index (χ4n) is 3.88. The number of amides is 1. The van der Waals surface area contributed by atoms with Crippen LogP contribution in [0.5, 0.6) is 0 Å². The number of nitrogens with one attached hydrogen (secondary N) is 1. The minimum atomic E-state index is -0.446. The molecule has 6 nitrogen and oxygen atoms in total. The Hall–Kier alpha value is -2.44. The van der Waals surface area contributed by atoms with Crippen molar-refractivity contribution >= 4 is 5.91 Å². The van der Waals surface area contributed by atoms with Crippen molar-refractivity contribution in [2.45, 2.75) is 38.5 Å². The second-order valence-electron chi connectivity index (χ2n) is 7.33. The maximum atomic E-state index is 14.1. The SMILES string of the molecule is O=C(C1CCC1)N1CCC(Cc2n[nH]c(=O)n2-c2ccccc2F)CC1. The van der Waals surface area contributed by atoms with Crippen LogP contribution in [0.3, 0.4) is 0 Å². The summed E-state index contributed by atoms with van der Waals surface area (Å²) in [6.45, 7) is 1.52. The molecule has 2 aliphatic rings. The summed E-state index contributed by atoms with van der Waals surface area (Å²) in [7, 11) is 0. The molecule has 1 aliphatic carbocycles. The minimum absolute atomic E-state index is 0.221. The quantitative estimate of drug-likeness (QED) is 0.911. The molecule has 0 radical (unpaired) electrons. The molecule has 2 fully saturated rings. The van der Waals surface area contributed by atoms with Gasteiger partial charge in [-0.3, -0.25) is 4.79 Å². The van der Waals surface area contributed by atoms with Gasteiger partial charge >= 0.3 is 5.69 Å². The lowest BCUT2D eigenvalue weighted by Crippen LogP contribution is -2.43. The Morgan fingerprint density at radius 2 is 1.92 bits per heavy atom. The van der Waals surface area contributed by atoms with Crippen LogP contribution in [0.4, 0.5) is 4.39 Å². The van der Waals surface area contributed by atoms with Crippen LogP contribution in [-0.4, -0.2) is 38.7 Å². The molecule has 0 bridgehead atoms. The van der Waals surface area contributed by atoms with Crippen molar-refractivity contribution in [2.24, 2.45) is 11.8 Å². The molecule has 1 aromatic heterocycles. The van der Waals surface area contributed by atoms with Crippen LogP contribution in [0.15, 0.2) is 29.1 Å². The molecule has 7 heteroatoms. The van der Waals surface area contributed by atoms with E-state index >= 15 is 0 Å². The monoisotopic (exact) mass is 358 g/mol. The summed E-state index contributed by atoms with van der Waals surface area (Å²) in [6.07, 6.45) is 5.59. The summed E-state index contributed by atoms with van der Waals surface area (Å²) >= 11 is 0. The maximum absolute atomic E-state index is 14.1. The van der Waals surface area contributed by atoms with Gasteiger partial charge in [-0.1, -0.05) is 18.6 Å². The van der Waals surface area contributed by atoms with E-state index in [4.69, 9.17) is 0 Å². The van der Waals surface area contributed by atoms with Crippen LogP contribution in [0.2, 0.25) is 0 Å². The molecule has 0 unspecified atom stereocenters. The molecule has 1 amide bonds. The number of halogens is 1. The smallest absolute Gasteiger partial charge is 0.342 e. The highest BCUT2D eigenvalue weighted by Gasteiger charge is 2.32. The van der Waals surface area contributed by atoms with Crippen molar-refractivity contribution in [3.05, 3.63) is 46.4 Å². The van der Waals surface area contributed by atoms with E-state index in [0.29, 0.717) is 24.1 Å². The summed E-state index contributed by atoms with van der Waals surface area (Å²) in [5.41, 5.74) is -0.207. The molecule has 2 aromatic rings. The van der Waals surface area contributed by atoms with Gasteiger partial charge in [0, 0.05) is 25.4 Å². The highest BCUT2D eigenvalue weighted by atomic mass is 19.1. The van der Waals surface area contributed by atoms with Crippen LogP contribution in [0, 0.1) is 17.7 Å². The standard InChI is InChI=1S/C19H23FN4O2/c20-15-6-1-2-7-16(15)24-17(21-22-19(24)26)12-13-8-10-23(11-9-13)18(25)14-4-3-5-14/h1-2,6-7,13-14H,3-5,8-12H2,(H,22,26). The van der Waals surface area contributed by atoms with Crippen LogP contribution in [-0.2, 0) is 11.2 Å². The van der Waals surface area contributed by atoms with Gasteiger partial charge in [-0.2, -0.15) is 5.10 Å². The third kappa shape index (κ3) is 3.18. The van der Waals surface area contributed by atoms with Crippen molar-refractivity contribution in [2.75, 3.05) is 13.1 Å². The van der Waals surface area contributed by atoms with Crippen LogP contribution >= 0.6 is 0 Å². The average molecular weight is 358 g/mol. The minimum Gasteiger partial charge on any atom is -0.342 e. The van der Waals surface area contributed by atoms with Gasteiger partial charge in [-0.25, -0.2) is 18.9 Å². The number of carbonyl (C=O) groups is 1. The predicted molar refractivity (Wildman–Crippen MR) is 94.5 cm³/mol. The Bertz CT molecular complexity index is 847. The van der Waals surface area contributed by atoms with Crippen molar-refractivity contribution < 1.29 is 9.18 Å². The number of H-pyrrole nitrogens is 1. The van der Waals surface area contributed by atoms with Crippen LogP contribution in [0.1, 0.15) is 37.9 Å². The second-order valence-corrected chi connectivity index (χ2v) is 7.33. The fraction of sp³-hybridized carbons (Fsp3) is 0.526. The normalized spacial score (nSPS) is 18.7. The number of rotatable bonds is 4. The largest absolute Gasteiger partial charge is 0.348 e. The van der Waals surface area contributed by atoms with Gasteiger partial charge < -0.3 is 4.90 Å². The molecule has 1 saturated heterocycles. The molecule has 4 rings (SSSR count). The average Bonchev–Trinajstić information content (AvgIpc) is 2.95. The van der Waals surface area contributed by atoms with Gasteiger partial charge in [0.05, 0.1) is 5.69 Å². The Balaban J connectivity index is 1.44. The van der Waals surface area contributed by atoms with Crippen molar-refractivity contribution in [1.29, 1.82) is 0 Å². The van der Waals surface area contributed by atoms with Gasteiger partial charge in [-0.15, -0.1) is 0 Å². The molecule has 1 saturated carbocycles. The zero-order valence-corrected chi connectivity index (χ0v) is 14.7. The number of hydrogen-bond donors (Lipinski definition) is 1. The number of hydrogen-bond acceptors (Lipinski definition) is 3. The Kier molecular flexibility index (Phi) is 4.61. The highest BCUT2D eigenvalue weighted by Crippen LogP contribution is 2.30. The van der Waals surface area contributed by atoms with E-state index in [1.807, 2.05) is 4.90 Å². The van der Waals surface area contributed by atoms with E-state index in [2.05, 4.69) is 10.2 Å². The van der Waals surface area contributed by atoms with Crippen molar-refractivity contribution in [1.82, 2.24) is 19.7 Å². The van der Waals surface area contributed by atoms with Crippen LogP contribution in [0.25, 0.3) is 5.69 Å². The third-order valence-electron chi connectivity index (χ3n) is 5.69. The number of aromatic nitrogens is 3. The molecule has 1 aliphatic heterocycles. The van der Waals surface area contributed by atoms with Gasteiger partial charge in [-0.05, 0) is 43.7 Å². The van der Waals surface area contributed by atoms with E-state index in [9.17, 15) is 14.0 Å². The summed E-state index contributed by atoms with van der Waals surface area (Å²) in [4.78, 5) is 26.4. The Labute approximate surface area is 151 Å². The molecule has 0 spiro atoms. The van der Waals surface area contributed by atoms with E-state index in [0.717, 1.165) is 38.8 Å². The first-order valence-corrected chi connectivity index (χ1v) is 9.33. The molecule has 0 atom stereocenters. The molecule has 1 aromatic carbocycles. The summed E-state index contributed by atoms with van der Waals surface area (Å²) in [5.74, 6) is 0.977. The zero-order chi connectivity index (χ0) is 18.1. The summed E-state index contributed by atoms with van der Waals surface area (Å²) in [5, 5.41) is 6.55. The lowest BCUT2D eigenvalue weighted by atomic mass is 9.83. The topological polar surface area (TPSA) is 71.0 Å². The maximum Gasteiger partial charge on any atom is 0.348 e. The molecule has 2 heterocycles. The lowest BCUT2D eigenvalue weighted by molar-refractivity contribution is -0.139. The van der Waals surface area contributed by atoms with E-state index in [-0.39, 0.29) is 11.6 Å². The number of benzene rings is 1. The van der Waals surface area contributed by atoms with Crippen molar-refractivity contribution in [3.63, 3.8) is 0 Å². The number of likely N-dealkylation sites (tertiary alicyclic amines) is 1. The van der Waals surface area contributed by atoms with E-state index in [1.165, 1.54) is 17.1 Å². The zero-order valence-electron chi connectivity index (χ0n) is 14.7. The Morgan fingerprint density at radius 3 is 2.58 bits per heavy atom. The molecule has 138 valence electrons. The van der Waals surface area contributed by atoms with Gasteiger partial charge in [0.1, 0.15) is 11.6 Å². The fourth-order valence-corrected chi connectivity index (χ4v) is 3.88. The first kappa shape index (κ1) is 17.0.